The van der Waals surface area contributed by atoms with Crippen molar-refractivity contribution in [1.29, 1.82) is 0 Å². The van der Waals surface area contributed by atoms with E-state index in [9.17, 15) is 5.11 Å². The van der Waals surface area contributed by atoms with E-state index in [1.165, 1.54) is 0 Å². The molecule has 1 N–H and O–H groups in total. The third kappa shape index (κ3) is 3.78. The van der Waals surface area contributed by atoms with Gasteiger partial charge in [0.25, 0.3) is 0 Å². The zero-order chi connectivity index (χ0) is 13.0. The lowest BCUT2D eigenvalue weighted by Gasteiger charge is -2.18. The Bertz CT molecular complexity index is 359. The summed E-state index contributed by atoms with van der Waals surface area (Å²) in [6.07, 6.45) is 2.72. The van der Waals surface area contributed by atoms with Crippen molar-refractivity contribution in [3.8, 4) is 0 Å². The van der Waals surface area contributed by atoms with E-state index < -0.39 is 6.10 Å². The first-order valence-corrected chi connectivity index (χ1v) is 6.73. The van der Waals surface area contributed by atoms with Gasteiger partial charge in [0, 0.05) is 19.1 Å². The number of hydrogen-bond acceptors (Lipinski definition) is 5. The molecule has 1 fully saturated rings. The molecule has 1 aliphatic rings. The van der Waals surface area contributed by atoms with Gasteiger partial charge in [-0.1, -0.05) is 19.0 Å². The molecule has 2 rings (SSSR count). The first-order chi connectivity index (χ1) is 8.65. The Morgan fingerprint density at radius 2 is 2.06 bits per heavy atom. The fourth-order valence-electron chi connectivity index (χ4n) is 2.30. The highest BCUT2D eigenvalue weighted by Gasteiger charge is 2.22. The lowest BCUT2D eigenvalue weighted by molar-refractivity contribution is 0.0830. The average Bonchev–Trinajstić information content (AvgIpc) is 2.77. The van der Waals surface area contributed by atoms with Crippen LogP contribution in [0.15, 0.2) is 4.52 Å². The molecule has 0 saturated carbocycles. The second kappa shape index (κ2) is 6.29. The monoisotopic (exact) mass is 254 g/mol. The van der Waals surface area contributed by atoms with Crippen LogP contribution in [0, 0.1) is 5.92 Å². The molecule has 0 radical (unpaired) electrons. The lowest BCUT2D eigenvalue weighted by atomic mass is 10.00. The Morgan fingerprint density at radius 1 is 1.33 bits per heavy atom. The van der Waals surface area contributed by atoms with Gasteiger partial charge in [-0.25, -0.2) is 0 Å². The Labute approximate surface area is 108 Å². The molecule has 18 heavy (non-hydrogen) atoms. The van der Waals surface area contributed by atoms with Crippen LogP contribution in [0.3, 0.4) is 0 Å². The van der Waals surface area contributed by atoms with Crippen molar-refractivity contribution in [1.82, 2.24) is 10.1 Å². The summed E-state index contributed by atoms with van der Waals surface area (Å²) in [6.45, 7) is 5.71. The van der Waals surface area contributed by atoms with Crippen molar-refractivity contribution in [3.63, 3.8) is 0 Å². The minimum atomic E-state index is -0.395. The predicted molar refractivity (Wildman–Crippen MR) is 66.3 cm³/mol. The van der Waals surface area contributed by atoms with Crippen LogP contribution in [-0.2, 0) is 11.2 Å². The average molecular weight is 254 g/mol. The number of rotatable bonds is 5. The molecule has 0 aliphatic carbocycles. The van der Waals surface area contributed by atoms with E-state index >= 15 is 0 Å². The van der Waals surface area contributed by atoms with Gasteiger partial charge in [0.2, 0.25) is 5.89 Å². The van der Waals surface area contributed by atoms with Crippen molar-refractivity contribution in [3.05, 3.63) is 11.7 Å². The molecule has 0 bridgehead atoms. The van der Waals surface area contributed by atoms with Crippen LogP contribution in [0.2, 0.25) is 0 Å². The van der Waals surface area contributed by atoms with Crippen molar-refractivity contribution < 1.29 is 14.4 Å². The molecule has 5 heteroatoms. The van der Waals surface area contributed by atoms with Gasteiger partial charge < -0.3 is 14.4 Å². The molecule has 1 atom stereocenters. The highest BCUT2D eigenvalue weighted by atomic mass is 16.5. The highest BCUT2D eigenvalue weighted by Crippen LogP contribution is 2.24. The van der Waals surface area contributed by atoms with Crippen LogP contribution in [0.5, 0.6) is 0 Å². The normalized spacial score (nSPS) is 19.3. The zero-order valence-corrected chi connectivity index (χ0v) is 11.1. The second-order valence-electron chi connectivity index (χ2n) is 5.42. The van der Waals surface area contributed by atoms with E-state index in [2.05, 4.69) is 24.0 Å². The Balaban J connectivity index is 1.89. The third-order valence-electron chi connectivity index (χ3n) is 3.22. The summed E-state index contributed by atoms with van der Waals surface area (Å²) in [5.74, 6) is 2.13. The van der Waals surface area contributed by atoms with Crippen LogP contribution >= 0.6 is 0 Å². The summed E-state index contributed by atoms with van der Waals surface area (Å²) in [6, 6.07) is 0. The molecule has 1 aromatic heterocycles. The van der Waals surface area contributed by atoms with Crippen LogP contribution in [0.25, 0.3) is 0 Å². The van der Waals surface area contributed by atoms with Gasteiger partial charge in [-0.05, 0) is 25.2 Å². The standard InChI is InChI=1S/C13H22N2O3/c1-9(2)7-11(16)8-12-14-13(15-18-12)10-3-5-17-6-4-10/h9-11,16H,3-8H2,1-2H3. The van der Waals surface area contributed by atoms with Crippen molar-refractivity contribution >= 4 is 0 Å². The van der Waals surface area contributed by atoms with Gasteiger partial charge in [-0.15, -0.1) is 0 Å². The van der Waals surface area contributed by atoms with Crippen LogP contribution in [0.1, 0.15) is 50.7 Å². The molecule has 102 valence electrons. The molecule has 1 unspecified atom stereocenters. The first kappa shape index (κ1) is 13.5. The molecule has 0 spiro atoms. The largest absolute Gasteiger partial charge is 0.393 e. The topological polar surface area (TPSA) is 68.4 Å². The third-order valence-corrected chi connectivity index (χ3v) is 3.22. The van der Waals surface area contributed by atoms with Crippen molar-refractivity contribution in [2.75, 3.05) is 13.2 Å². The molecular weight excluding hydrogens is 232 g/mol. The van der Waals surface area contributed by atoms with E-state index in [0.29, 0.717) is 24.1 Å². The summed E-state index contributed by atoms with van der Waals surface area (Å²) >= 11 is 0. The molecule has 1 saturated heterocycles. The summed E-state index contributed by atoms with van der Waals surface area (Å²) < 4.78 is 10.5. The molecule has 0 amide bonds. The quantitative estimate of drug-likeness (QED) is 0.869. The molecule has 1 aromatic rings. The number of aliphatic hydroxyl groups is 1. The van der Waals surface area contributed by atoms with Crippen LogP contribution < -0.4 is 0 Å². The summed E-state index contributed by atoms with van der Waals surface area (Å²) in [7, 11) is 0. The van der Waals surface area contributed by atoms with Gasteiger partial charge in [0.05, 0.1) is 12.5 Å². The van der Waals surface area contributed by atoms with Gasteiger partial charge in [-0.3, -0.25) is 0 Å². The van der Waals surface area contributed by atoms with Crippen LogP contribution in [-0.4, -0.2) is 34.6 Å². The first-order valence-electron chi connectivity index (χ1n) is 6.73. The summed E-state index contributed by atoms with van der Waals surface area (Å²) in [5, 5.41) is 13.9. The SMILES string of the molecule is CC(C)CC(O)Cc1nc(C2CCOCC2)no1. The number of aromatic nitrogens is 2. The predicted octanol–water partition coefficient (Wildman–Crippen LogP) is 1.91. The van der Waals surface area contributed by atoms with Gasteiger partial charge in [0.1, 0.15) is 0 Å². The summed E-state index contributed by atoms with van der Waals surface area (Å²) in [5.41, 5.74) is 0. The fraction of sp³-hybridized carbons (Fsp3) is 0.846. The zero-order valence-electron chi connectivity index (χ0n) is 11.1. The van der Waals surface area contributed by atoms with E-state index in [0.717, 1.165) is 38.3 Å². The number of ether oxygens (including phenoxy) is 1. The molecular formula is C13H22N2O3. The van der Waals surface area contributed by atoms with Crippen molar-refractivity contribution in [2.45, 2.75) is 51.6 Å². The Morgan fingerprint density at radius 3 is 2.72 bits per heavy atom. The minimum absolute atomic E-state index is 0.346. The van der Waals surface area contributed by atoms with Gasteiger partial charge in [-0.2, -0.15) is 4.98 Å². The molecule has 0 aromatic carbocycles. The number of nitrogens with zero attached hydrogens (tertiary/aromatic N) is 2. The fourth-order valence-corrected chi connectivity index (χ4v) is 2.30. The maximum absolute atomic E-state index is 9.84. The molecule has 2 heterocycles. The van der Waals surface area contributed by atoms with E-state index in [4.69, 9.17) is 9.26 Å². The summed E-state index contributed by atoms with van der Waals surface area (Å²) in [4.78, 5) is 4.39. The van der Waals surface area contributed by atoms with Crippen LogP contribution in [0.4, 0.5) is 0 Å². The van der Waals surface area contributed by atoms with E-state index in [1.54, 1.807) is 0 Å². The second-order valence-corrected chi connectivity index (χ2v) is 5.42. The maximum atomic E-state index is 9.84. The molecule has 5 nitrogen and oxygen atoms in total. The smallest absolute Gasteiger partial charge is 0.229 e. The Hall–Kier alpha value is -0.940. The number of aliphatic hydroxyl groups excluding tert-OH is 1. The van der Waals surface area contributed by atoms with Gasteiger partial charge >= 0.3 is 0 Å². The number of hydrogen-bond donors (Lipinski definition) is 1. The Kier molecular flexibility index (Phi) is 4.72. The van der Waals surface area contributed by atoms with Crippen molar-refractivity contribution in [2.24, 2.45) is 5.92 Å². The van der Waals surface area contributed by atoms with E-state index in [1.807, 2.05) is 0 Å². The highest BCUT2D eigenvalue weighted by molar-refractivity contribution is 4.97. The minimum Gasteiger partial charge on any atom is -0.393 e. The van der Waals surface area contributed by atoms with E-state index in [-0.39, 0.29) is 0 Å². The molecule has 1 aliphatic heterocycles. The van der Waals surface area contributed by atoms with Gasteiger partial charge in [0.15, 0.2) is 5.82 Å². The lowest BCUT2D eigenvalue weighted by Crippen LogP contribution is -2.16. The maximum Gasteiger partial charge on any atom is 0.229 e.